The van der Waals surface area contributed by atoms with Crippen molar-refractivity contribution < 1.29 is 18.0 Å². The minimum absolute atomic E-state index is 0.00447. The second-order valence-electron chi connectivity index (χ2n) is 6.41. The molecule has 0 spiro atoms. The largest absolute Gasteiger partial charge is 0.280 e. The van der Waals surface area contributed by atoms with Gasteiger partial charge in [-0.2, -0.15) is 0 Å². The van der Waals surface area contributed by atoms with Crippen LogP contribution in [-0.4, -0.2) is 20.2 Å². The van der Waals surface area contributed by atoms with Gasteiger partial charge in [0, 0.05) is 21.8 Å². The number of aryl methyl sites for hydroxylation is 1. The summed E-state index contributed by atoms with van der Waals surface area (Å²) in [7, 11) is -3.80. The van der Waals surface area contributed by atoms with Crippen LogP contribution in [0.25, 0.3) is 0 Å². The van der Waals surface area contributed by atoms with Gasteiger partial charge in [0.25, 0.3) is 21.8 Å². The SMILES string of the molecule is Cc1ccc(NS(=O)(=O)c2ccc(C(=O)NNC(=O)c3ccc(Cl)cc3)cc2)cc1. The highest BCUT2D eigenvalue weighted by Crippen LogP contribution is 2.17. The predicted octanol–water partition coefficient (Wildman–Crippen LogP) is 3.52. The molecule has 0 saturated heterocycles. The number of sulfonamides is 1. The molecule has 0 aliphatic heterocycles. The second kappa shape index (κ2) is 8.98. The molecule has 0 heterocycles. The highest BCUT2D eigenvalue weighted by molar-refractivity contribution is 7.92. The molecule has 0 radical (unpaired) electrons. The molecule has 3 aromatic rings. The van der Waals surface area contributed by atoms with E-state index in [1.807, 2.05) is 6.92 Å². The molecular weight excluding hydrogens is 426 g/mol. The fourth-order valence-electron chi connectivity index (χ4n) is 2.48. The van der Waals surface area contributed by atoms with Crippen molar-refractivity contribution in [3.05, 3.63) is 94.5 Å². The lowest BCUT2D eigenvalue weighted by molar-refractivity contribution is 0.0846. The van der Waals surface area contributed by atoms with E-state index in [9.17, 15) is 18.0 Å². The van der Waals surface area contributed by atoms with Gasteiger partial charge in [0.1, 0.15) is 0 Å². The maximum Gasteiger partial charge on any atom is 0.269 e. The van der Waals surface area contributed by atoms with E-state index in [2.05, 4.69) is 15.6 Å². The van der Waals surface area contributed by atoms with Crippen LogP contribution in [0.2, 0.25) is 5.02 Å². The summed E-state index contributed by atoms with van der Waals surface area (Å²) in [6, 6.07) is 18.4. The molecule has 2 amide bonds. The third kappa shape index (κ3) is 5.37. The van der Waals surface area contributed by atoms with Gasteiger partial charge in [-0.3, -0.25) is 25.2 Å². The lowest BCUT2D eigenvalue weighted by atomic mass is 10.2. The minimum atomic E-state index is -3.80. The van der Waals surface area contributed by atoms with Gasteiger partial charge in [-0.15, -0.1) is 0 Å². The summed E-state index contributed by atoms with van der Waals surface area (Å²) in [5, 5.41) is 0.488. The number of nitrogens with one attached hydrogen (secondary N) is 3. The zero-order valence-corrected chi connectivity index (χ0v) is 17.4. The van der Waals surface area contributed by atoms with E-state index >= 15 is 0 Å². The highest BCUT2D eigenvalue weighted by Gasteiger charge is 2.16. The van der Waals surface area contributed by atoms with Crippen molar-refractivity contribution in [1.29, 1.82) is 0 Å². The Labute approximate surface area is 179 Å². The molecule has 0 bridgehead atoms. The summed E-state index contributed by atoms with van der Waals surface area (Å²) < 4.78 is 27.4. The maximum atomic E-state index is 12.5. The van der Waals surface area contributed by atoms with Crippen LogP contribution in [0.5, 0.6) is 0 Å². The number of anilines is 1. The number of hydrogen-bond acceptors (Lipinski definition) is 4. The molecule has 30 heavy (non-hydrogen) atoms. The molecule has 3 aromatic carbocycles. The highest BCUT2D eigenvalue weighted by atomic mass is 35.5. The second-order valence-corrected chi connectivity index (χ2v) is 8.53. The third-order valence-corrected chi connectivity index (χ3v) is 5.78. The third-order valence-electron chi connectivity index (χ3n) is 4.13. The Morgan fingerprint density at radius 2 is 1.20 bits per heavy atom. The standard InChI is InChI=1S/C21H18ClN3O4S/c1-14-2-10-18(11-3-14)25-30(28,29)19-12-6-16(7-13-19)21(27)24-23-20(26)15-4-8-17(22)9-5-15/h2-13,25H,1H3,(H,23,26)(H,24,27). The van der Waals surface area contributed by atoms with E-state index in [1.165, 1.54) is 36.4 Å². The van der Waals surface area contributed by atoms with Crippen molar-refractivity contribution >= 4 is 39.1 Å². The fourth-order valence-corrected chi connectivity index (χ4v) is 3.66. The quantitative estimate of drug-likeness (QED) is 0.524. The summed E-state index contributed by atoms with van der Waals surface area (Å²) in [6.07, 6.45) is 0. The summed E-state index contributed by atoms with van der Waals surface area (Å²) in [5.41, 5.74) is 6.52. The van der Waals surface area contributed by atoms with Gasteiger partial charge in [-0.05, 0) is 67.6 Å². The van der Waals surface area contributed by atoms with Crippen molar-refractivity contribution in [3.63, 3.8) is 0 Å². The normalized spacial score (nSPS) is 10.9. The molecular formula is C21H18ClN3O4S. The van der Waals surface area contributed by atoms with Gasteiger partial charge < -0.3 is 0 Å². The zero-order valence-electron chi connectivity index (χ0n) is 15.8. The molecule has 0 aliphatic carbocycles. The van der Waals surface area contributed by atoms with Crippen LogP contribution in [0, 0.1) is 6.92 Å². The number of halogens is 1. The zero-order chi connectivity index (χ0) is 21.7. The Morgan fingerprint density at radius 3 is 1.70 bits per heavy atom. The molecule has 0 fully saturated rings. The van der Waals surface area contributed by atoms with Crippen molar-refractivity contribution in [1.82, 2.24) is 10.9 Å². The predicted molar refractivity (Wildman–Crippen MR) is 115 cm³/mol. The average Bonchev–Trinajstić information content (AvgIpc) is 2.74. The molecule has 3 rings (SSSR count). The van der Waals surface area contributed by atoms with Gasteiger partial charge in [0.15, 0.2) is 0 Å². The van der Waals surface area contributed by atoms with Gasteiger partial charge in [0.2, 0.25) is 0 Å². The number of rotatable bonds is 5. The number of amides is 2. The number of carbonyl (C=O) groups excluding carboxylic acids is 2. The van der Waals surface area contributed by atoms with Crippen molar-refractivity contribution in [2.45, 2.75) is 11.8 Å². The Hall–Kier alpha value is -3.36. The van der Waals surface area contributed by atoms with Gasteiger partial charge in [-0.1, -0.05) is 29.3 Å². The van der Waals surface area contributed by atoms with Crippen LogP contribution >= 0.6 is 11.6 Å². The van der Waals surface area contributed by atoms with E-state index in [4.69, 9.17) is 11.6 Å². The molecule has 3 N–H and O–H groups in total. The monoisotopic (exact) mass is 443 g/mol. The van der Waals surface area contributed by atoms with E-state index in [0.717, 1.165) is 5.56 Å². The molecule has 0 atom stereocenters. The average molecular weight is 444 g/mol. The topological polar surface area (TPSA) is 104 Å². The van der Waals surface area contributed by atoms with Crippen LogP contribution in [0.3, 0.4) is 0 Å². The number of carbonyl (C=O) groups is 2. The maximum absolute atomic E-state index is 12.5. The lowest BCUT2D eigenvalue weighted by Crippen LogP contribution is -2.41. The van der Waals surface area contributed by atoms with E-state index in [0.29, 0.717) is 16.3 Å². The molecule has 154 valence electrons. The molecule has 0 unspecified atom stereocenters. The van der Waals surface area contributed by atoms with Crippen molar-refractivity contribution in [2.75, 3.05) is 4.72 Å². The van der Waals surface area contributed by atoms with Crippen molar-refractivity contribution in [2.24, 2.45) is 0 Å². The first-order valence-electron chi connectivity index (χ1n) is 8.80. The molecule has 0 saturated carbocycles. The number of benzene rings is 3. The minimum Gasteiger partial charge on any atom is -0.280 e. The van der Waals surface area contributed by atoms with Crippen LogP contribution < -0.4 is 15.6 Å². The number of hydrazine groups is 1. The van der Waals surface area contributed by atoms with Crippen LogP contribution in [0.4, 0.5) is 5.69 Å². The molecule has 9 heteroatoms. The Balaban J connectivity index is 1.62. The van der Waals surface area contributed by atoms with E-state index in [-0.39, 0.29) is 10.5 Å². The van der Waals surface area contributed by atoms with Gasteiger partial charge >= 0.3 is 0 Å². The first-order chi connectivity index (χ1) is 14.2. The smallest absolute Gasteiger partial charge is 0.269 e. The Morgan fingerprint density at radius 1 is 0.733 bits per heavy atom. The summed E-state index contributed by atoms with van der Waals surface area (Å²) in [5.74, 6) is -1.10. The van der Waals surface area contributed by atoms with Crippen LogP contribution in [-0.2, 0) is 10.0 Å². The van der Waals surface area contributed by atoms with E-state index < -0.39 is 21.8 Å². The molecule has 0 aliphatic rings. The number of hydrogen-bond donors (Lipinski definition) is 3. The lowest BCUT2D eigenvalue weighted by Gasteiger charge is -2.10. The first kappa shape index (κ1) is 21.4. The molecule has 7 nitrogen and oxygen atoms in total. The van der Waals surface area contributed by atoms with Crippen LogP contribution in [0.1, 0.15) is 26.3 Å². The Bertz CT molecular complexity index is 1160. The van der Waals surface area contributed by atoms with E-state index in [1.54, 1.807) is 36.4 Å². The van der Waals surface area contributed by atoms with Gasteiger partial charge in [-0.25, -0.2) is 8.42 Å². The fraction of sp³-hybridized carbons (Fsp3) is 0.0476. The summed E-state index contributed by atoms with van der Waals surface area (Å²) in [4.78, 5) is 24.2. The van der Waals surface area contributed by atoms with Crippen LogP contribution in [0.15, 0.2) is 77.7 Å². The molecule has 0 aromatic heterocycles. The summed E-state index contributed by atoms with van der Waals surface area (Å²) in [6.45, 7) is 1.90. The van der Waals surface area contributed by atoms with Gasteiger partial charge in [0.05, 0.1) is 4.90 Å². The van der Waals surface area contributed by atoms with Crippen molar-refractivity contribution in [3.8, 4) is 0 Å². The first-order valence-corrected chi connectivity index (χ1v) is 10.7. The summed E-state index contributed by atoms with van der Waals surface area (Å²) >= 11 is 5.77. The Kier molecular flexibility index (Phi) is 6.39.